The van der Waals surface area contributed by atoms with Crippen molar-refractivity contribution in [2.24, 2.45) is 0 Å². The number of rotatable bonds is 2. The molecule has 0 spiro atoms. The fourth-order valence-corrected chi connectivity index (χ4v) is 3.76. The highest BCUT2D eigenvalue weighted by atomic mass is 32.2. The highest BCUT2D eigenvalue weighted by Gasteiger charge is 2.25. The molecule has 1 aromatic heterocycles. The van der Waals surface area contributed by atoms with E-state index in [4.69, 9.17) is 0 Å². The molecule has 0 amide bonds. The van der Waals surface area contributed by atoms with E-state index in [1.807, 2.05) is 11.8 Å². The van der Waals surface area contributed by atoms with Gasteiger partial charge in [-0.1, -0.05) is 6.07 Å². The predicted octanol–water partition coefficient (Wildman–Crippen LogP) is 2.75. The molecule has 1 aliphatic rings. The van der Waals surface area contributed by atoms with Crippen LogP contribution in [0.15, 0.2) is 21.7 Å². The zero-order valence-electron chi connectivity index (χ0n) is 6.77. The minimum absolute atomic E-state index is 0.0721. The lowest BCUT2D eigenvalue weighted by Gasteiger charge is -2.11. The molecule has 0 bridgehead atoms. The van der Waals surface area contributed by atoms with Crippen LogP contribution >= 0.6 is 23.1 Å². The Balaban J connectivity index is 1.95. The van der Waals surface area contributed by atoms with Crippen LogP contribution in [0.2, 0.25) is 0 Å². The normalized spacial score (nSPS) is 29.4. The van der Waals surface area contributed by atoms with Crippen molar-refractivity contribution < 1.29 is 5.11 Å². The number of thioether (sulfide) groups is 1. The van der Waals surface area contributed by atoms with Gasteiger partial charge < -0.3 is 5.11 Å². The van der Waals surface area contributed by atoms with Crippen LogP contribution in [0.5, 0.6) is 0 Å². The summed E-state index contributed by atoms with van der Waals surface area (Å²) in [7, 11) is 0. The van der Waals surface area contributed by atoms with Crippen molar-refractivity contribution in [1.82, 2.24) is 0 Å². The number of hydrogen-bond acceptors (Lipinski definition) is 3. The summed E-state index contributed by atoms with van der Waals surface area (Å²) in [6.07, 6.45) is 3.27. The van der Waals surface area contributed by atoms with Crippen molar-refractivity contribution in [2.75, 3.05) is 0 Å². The Labute approximate surface area is 80.8 Å². The maximum atomic E-state index is 9.57. The maximum Gasteiger partial charge on any atom is 0.0662 e. The van der Waals surface area contributed by atoms with Gasteiger partial charge in [-0.25, -0.2) is 0 Å². The Hall–Kier alpha value is 0.01000. The SMILES string of the molecule is OC1CCCC1Sc1cccs1. The van der Waals surface area contributed by atoms with Gasteiger partial charge in [-0.15, -0.1) is 23.1 Å². The van der Waals surface area contributed by atoms with Crippen molar-refractivity contribution in [3.8, 4) is 0 Å². The van der Waals surface area contributed by atoms with Crippen LogP contribution in [-0.2, 0) is 0 Å². The van der Waals surface area contributed by atoms with Crippen molar-refractivity contribution in [1.29, 1.82) is 0 Å². The van der Waals surface area contributed by atoms with Crippen LogP contribution < -0.4 is 0 Å². The minimum Gasteiger partial charge on any atom is -0.392 e. The van der Waals surface area contributed by atoms with Gasteiger partial charge in [0.25, 0.3) is 0 Å². The molecule has 1 fully saturated rings. The third-order valence-corrected chi connectivity index (χ3v) is 4.64. The summed E-state index contributed by atoms with van der Waals surface area (Å²) in [6, 6.07) is 4.19. The number of thiophene rings is 1. The van der Waals surface area contributed by atoms with E-state index in [-0.39, 0.29) is 6.10 Å². The molecule has 2 unspecified atom stereocenters. The summed E-state index contributed by atoms with van der Waals surface area (Å²) in [5.41, 5.74) is 0. The van der Waals surface area contributed by atoms with Crippen LogP contribution in [0, 0.1) is 0 Å². The van der Waals surface area contributed by atoms with Gasteiger partial charge in [0.2, 0.25) is 0 Å². The second-order valence-corrected chi connectivity index (χ2v) is 5.57. The van der Waals surface area contributed by atoms with E-state index in [9.17, 15) is 5.11 Å². The lowest BCUT2D eigenvalue weighted by atomic mass is 10.3. The molecule has 2 rings (SSSR count). The Morgan fingerprint density at radius 3 is 3.00 bits per heavy atom. The summed E-state index contributed by atoms with van der Waals surface area (Å²) in [5.74, 6) is 0. The van der Waals surface area contributed by atoms with Crippen LogP contribution in [0.25, 0.3) is 0 Å². The third kappa shape index (κ3) is 1.84. The van der Waals surface area contributed by atoms with Gasteiger partial charge in [-0.3, -0.25) is 0 Å². The summed E-state index contributed by atoms with van der Waals surface area (Å²) < 4.78 is 1.33. The maximum absolute atomic E-state index is 9.57. The van der Waals surface area contributed by atoms with Crippen molar-refractivity contribution in [2.45, 2.75) is 34.8 Å². The van der Waals surface area contributed by atoms with E-state index in [0.717, 1.165) is 6.42 Å². The average molecular weight is 200 g/mol. The van der Waals surface area contributed by atoms with Crippen molar-refractivity contribution in [3.63, 3.8) is 0 Å². The van der Waals surface area contributed by atoms with Gasteiger partial charge in [-0.05, 0) is 30.7 Å². The molecule has 0 aliphatic heterocycles. The largest absolute Gasteiger partial charge is 0.392 e. The Kier molecular flexibility index (Phi) is 2.73. The van der Waals surface area contributed by atoms with E-state index in [1.165, 1.54) is 17.1 Å². The first kappa shape index (κ1) is 8.60. The first-order chi connectivity index (χ1) is 5.86. The summed E-state index contributed by atoms with van der Waals surface area (Å²) in [5, 5.41) is 12.1. The number of hydrogen-bond donors (Lipinski definition) is 1. The van der Waals surface area contributed by atoms with Crippen LogP contribution in [-0.4, -0.2) is 16.5 Å². The first-order valence-electron chi connectivity index (χ1n) is 4.24. The molecule has 1 heterocycles. The van der Waals surface area contributed by atoms with Gasteiger partial charge in [0.15, 0.2) is 0 Å². The third-order valence-electron chi connectivity index (χ3n) is 2.18. The van der Waals surface area contributed by atoms with Gasteiger partial charge in [0, 0.05) is 5.25 Å². The Bertz CT molecular complexity index is 233. The first-order valence-corrected chi connectivity index (χ1v) is 6.00. The second-order valence-electron chi connectivity index (χ2n) is 3.09. The van der Waals surface area contributed by atoms with E-state index >= 15 is 0 Å². The molecule has 0 saturated heterocycles. The molecule has 1 nitrogen and oxygen atoms in total. The molecule has 3 heteroatoms. The van der Waals surface area contributed by atoms with Crippen LogP contribution in [0.4, 0.5) is 0 Å². The molecule has 2 atom stereocenters. The van der Waals surface area contributed by atoms with Gasteiger partial charge in [-0.2, -0.15) is 0 Å². The van der Waals surface area contributed by atoms with E-state index in [0.29, 0.717) is 5.25 Å². The topological polar surface area (TPSA) is 20.2 Å². The highest BCUT2D eigenvalue weighted by Crippen LogP contribution is 2.36. The molecule has 1 N–H and O–H groups in total. The van der Waals surface area contributed by atoms with Gasteiger partial charge in [0.1, 0.15) is 0 Å². The van der Waals surface area contributed by atoms with E-state index in [1.54, 1.807) is 11.3 Å². The lowest BCUT2D eigenvalue weighted by Crippen LogP contribution is -2.14. The van der Waals surface area contributed by atoms with Crippen LogP contribution in [0.3, 0.4) is 0 Å². The molecule has 0 aromatic carbocycles. The number of aliphatic hydroxyl groups is 1. The lowest BCUT2D eigenvalue weighted by molar-refractivity contribution is 0.188. The fraction of sp³-hybridized carbons (Fsp3) is 0.556. The summed E-state index contributed by atoms with van der Waals surface area (Å²) >= 11 is 3.60. The van der Waals surface area contributed by atoms with Gasteiger partial charge >= 0.3 is 0 Å². The molecule has 12 heavy (non-hydrogen) atoms. The quantitative estimate of drug-likeness (QED) is 0.792. The predicted molar refractivity (Wildman–Crippen MR) is 53.8 cm³/mol. The smallest absolute Gasteiger partial charge is 0.0662 e. The zero-order chi connectivity index (χ0) is 8.39. The Morgan fingerprint density at radius 2 is 2.42 bits per heavy atom. The summed E-state index contributed by atoms with van der Waals surface area (Å²) in [6.45, 7) is 0. The van der Waals surface area contributed by atoms with Crippen molar-refractivity contribution in [3.05, 3.63) is 17.5 Å². The molecular formula is C9H12OS2. The monoisotopic (exact) mass is 200 g/mol. The van der Waals surface area contributed by atoms with Crippen LogP contribution in [0.1, 0.15) is 19.3 Å². The molecule has 1 aliphatic carbocycles. The Morgan fingerprint density at radius 1 is 1.50 bits per heavy atom. The van der Waals surface area contributed by atoms with Gasteiger partial charge in [0.05, 0.1) is 10.3 Å². The van der Waals surface area contributed by atoms with Crippen molar-refractivity contribution >= 4 is 23.1 Å². The minimum atomic E-state index is -0.0721. The molecule has 1 saturated carbocycles. The molecule has 66 valence electrons. The summed E-state index contributed by atoms with van der Waals surface area (Å²) in [4.78, 5) is 0. The molecular weight excluding hydrogens is 188 g/mol. The van der Waals surface area contributed by atoms with E-state index < -0.39 is 0 Å². The fourth-order valence-electron chi connectivity index (χ4n) is 1.52. The van der Waals surface area contributed by atoms with E-state index in [2.05, 4.69) is 17.5 Å². The molecule has 1 aromatic rings. The zero-order valence-corrected chi connectivity index (χ0v) is 8.40. The standard InChI is InChI=1S/C9H12OS2/c10-7-3-1-4-8(7)12-9-5-2-6-11-9/h2,5-8,10H,1,3-4H2. The number of aliphatic hydroxyl groups excluding tert-OH is 1. The highest BCUT2D eigenvalue weighted by molar-refractivity contribution is 8.01. The second kappa shape index (κ2) is 3.81. The molecule has 0 radical (unpaired) electrons. The average Bonchev–Trinajstić information content (AvgIpc) is 2.65.